The molecule has 6 nitrogen and oxygen atoms in total. The third-order valence-corrected chi connectivity index (χ3v) is 8.07. The van der Waals surface area contributed by atoms with Gasteiger partial charge < -0.3 is 19.1 Å². The lowest BCUT2D eigenvalue weighted by Gasteiger charge is -2.49. The van der Waals surface area contributed by atoms with Gasteiger partial charge in [0.25, 0.3) is 0 Å². The highest BCUT2D eigenvalue weighted by Gasteiger charge is 2.49. The molecule has 0 aromatic heterocycles. The van der Waals surface area contributed by atoms with Crippen LogP contribution in [0.5, 0.6) is 11.5 Å². The van der Waals surface area contributed by atoms with Gasteiger partial charge in [-0.1, -0.05) is 27.7 Å². The maximum Gasteiger partial charge on any atom is 0.175 e. The fourth-order valence-electron chi connectivity index (χ4n) is 6.09. The summed E-state index contributed by atoms with van der Waals surface area (Å²) in [4.78, 5) is 30.0. The van der Waals surface area contributed by atoms with Gasteiger partial charge in [0, 0.05) is 55.0 Å². The van der Waals surface area contributed by atoms with Crippen LogP contribution in [-0.2, 0) is 14.3 Å². The summed E-state index contributed by atoms with van der Waals surface area (Å²) in [5.74, 6) is 0.987. The van der Waals surface area contributed by atoms with E-state index in [0.717, 1.165) is 45.4 Å². The topological polar surface area (TPSA) is 65.1 Å². The van der Waals surface area contributed by atoms with E-state index in [2.05, 4.69) is 48.5 Å². The minimum absolute atomic E-state index is 0.0343. The van der Waals surface area contributed by atoms with Crippen molar-refractivity contribution in [2.24, 2.45) is 10.8 Å². The summed E-state index contributed by atoms with van der Waals surface area (Å²) in [6, 6.07) is 3.93. The Morgan fingerprint density at radius 2 is 1.49 bits per heavy atom. The number of carbonyl (C=O) groups excluding carboxylic acids is 2. The van der Waals surface area contributed by atoms with Crippen molar-refractivity contribution in [1.82, 2.24) is 4.90 Å². The van der Waals surface area contributed by atoms with Gasteiger partial charge in [0.05, 0.1) is 24.3 Å². The molecule has 1 aliphatic heterocycles. The lowest BCUT2D eigenvalue weighted by Crippen LogP contribution is -2.45. The Bertz CT molecular complexity index is 1120. The number of ketones is 2. The van der Waals surface area contributed by atoms with Gasteiger partial charge in [-0.2, -0.15) is 0 Å². The number of Topliss-reactive ketones (excluding diaryl/α,β-unsaturated/α-hetero) is 2. The first kappa shape index (κ1) is 27.9. The van der Waals surface area contributed by atoms with Crippen molar-refractivity contribution in [3.8, 4) is 11.5 Å². The van der Waals surface area contributed by atoms with Crippen molar-refractivity contribution in [2.45, 2.75) is 79.2 Å². The van der Waals surface area contributed by atoms with Crippen LogP contribution in [0.25, 0.3) is 0 Å². The molecule has 0 N–H and O–H groups in total. The normalized spacial score (nSPS) is 21.4. The van der Waals surface area contributed by atoms with Gasteiger partial charge in [0.2, 0.25) is 0 Å². The highest BCUT2D eigenvalue weighted by atomic mass is 79.9. The molecular formula is C30H40BrNO5. The number of nitrogens with zero attached hydrogens (tertiary/aromatic N) is 1. The Kier molecular flexibility index (Phi) is 7.70. The van der Waals surface area contributed by atoms with Crippen LogP contribution in [0.3, 0.4) is 0 Å². The maximum absolute atomic E-state index is 13.9. The lowest BCUT2D eigenvalue weighted by molar-refractivity contribution is -0.119. The van der Waals surface area contributed by atoms with Crippen LogP contribution in [0.15, 0.2) is 39.1 Å². The van der Waals surface area contributed by atoms with Crippen LogP contribution in [0.4, 0.5) is 0 Å². The van der Waals surface area contributed by atoms with Gasteiger partial charge in [-0.05, 0) is 71.1 Å². The summed E-state index contributed by atoms with van der Waals surface area (Å²) in [6.45, 7) is 13.7. The minimum Gasteiger partial charge on any atom is -0.493 e. The minimum atomic E-state index is -0.436. The molecule has 0 radical (unpaired) electrons. The average Bonchev–Trinajstić information content (AvgIpc) is 2.76. The highest BCUT2D eigenvalue weighted by Crippen LogP contribution is 2.55. The molecule has 0 spiro atoms. The van der Waals surface area contributed by atoms with Crippen molar-refractivity contribution in [3.63, 3.8) is 0 Å². The van der Waals surface area contributed by atoms with Gasteiger partial charge in [-0.15, -0.1) is 0 Å². The predicted octanol–water partition coefficient (Wildman–Crippen LogP) is 6.58. The van der Waals surface area contributed by atoms with Crippen molar-refractivity contribution >= 4 is 27.5 Å². The van der Waals surface area contributed by atoms with E-state index < -0.39 is 5.92 Å². The Morgan fingerprint density at radius 3 is 1.95 bits per heavy atom. The van der Waals surface area contributed by atoms with Crippen molar-refractivity contribution < 1.29 is 23.8 Å². The molecule has 37 heavy (non-hydrogen) atoms. The smallest absolute Gasteiger partial charge is 0.175 e. The Balaban J connectivity index is 1.99. The summed E-state index contributed by atoms with van der Waals surface area (Å²) < 4.78 is 18.0. The zero-order valence-corrected chi connectivity index (χ0v) is 25.0. The Hall–Kier alpha value is -2.12. The first-order valence-electron chi connectivity index (χ1n) is 13.1. The van der Waals surface area contributed by atoms with Crippen LogP contribution >= 0.6 is 15.9 Å². The summed E-state index contributed by atoms with van der Waals surface area (Å²) in [5, 5.41) is 0. The number of hydrogen-bond donors (Lipinski definition) is 0. The first-order chi connectivity index (χ1) is 17.3. The van der Waals surface area contributed by atoms with Crippen LogP contribution in [-0.4, -0.2) is 49.9 Å². The lowest BCUT2D eigenvalue weighted by atomic mass is 9.63. The molecule has 3 aliphatic rings. The van der Waals surface area contributed by atoms with Crippen LogP contribution in [0.2, 0.25) is 0 Å². The summed E-state index contributed by atoms with van der Waals surface area (Å²) in [6.07, 6.45) is 2.41. The largest absolute Gasteiger partial charge is 0.493 e. The number of benzene rings is 1. The number of methoxy groups -OCH3 is 2. The molecule has 0 saturated heterocycles. The molecule has 0 fully saturated rings. The van der Waals surface area contributed by atoms with Gasteiger partial charge in [-0.3, -0.25) is 9.59 Å². The van der Waals surface area contributed by atoms with E-state index in [9.17, 15) is 9.59 Å². The standard InChI is InChI=1S/C30H40BrNO5/c1-17(2)37-28-19(31)11-18(12-24(28)36-8)25-26-20(13-29(3,4)15-22(26)33)32(9-10-35-7)21-14-30(5,6)16-23(34)27(21)25/h11-12,17,25H,9-10,13-16H2,1-8H3. The Morgan fingerprint density at radius 1 is 0.946 bits per heavy atom. The summed E-state index contributed by atoms with van der Waals surface area (Å²) >= 11 is 3.69. The van der Waals surface area contributed by atoms with E-state index >= 15 is 0 Å². The fourth-order valence-corrected chi connectivity index (χ4v) is 6.64. The number of carbonyl (C=O) groups is 2. The second kappa shape index (κ2) is 10.2. The van der Waals surface area contributed by atoms with E-state index in [-0.39, 0.29) is 28.5 Å². The Labute approximate surface area is 229 Å². The van der Waals surface area contributed by atoms with E-state index in [0.29, 0.717) is 37.5 Å². The highest BCUT2D eigenvalue weighted by molar-refractivity contribution is 9.10. The number of halogens is 1. The second-order valence-electron chi connectivity index (χ2n) is 12.4. The number of hydrogen-bond acceptors (Lipinski definition) is 6. The summed E-state index contributed by atoms with van der Waals surface area (Å²) in [7, 11) is 3.30. The van der Waals surface area contributed by atoms with Gasteiger partial charge >= 0.3 is 0 Å². The van der Waals surface area contributed by atoms with E-state index in [1.54, 1.807) is 14.2 Å². The summed E-state index contributed by atoms with van der Waals surface area (Å²) in [5.41, 5.74) is 4.10. The third kappa shape index (κ3) is 5.40. The van der Waals surface area contributed by atoms with E-state index in [1.807, 2.05) is 26.0 Å². The molecule has 1 heterocycles. The van der Waals surface area contributed by atoms with Crippen LogP contribution in [0, 0.1) is 10.8 Å². The molecule has 1 aromatic rings. The molecule has 0 bridgehead atoms. The molecule has 2 aliphatic carbocycles. The van der Waals surface area contributed by atoms with Gasteiger partial charge in [0.1, 0.15) is 0 Å². The number of rotatable bonds is 7. The molecule has 7 heteroatoms. The first-order valence-corrected chi connectivity index (χ1v) is 13.9. The van der Waals surface area contributed by atoms with Gasteiger partial charge in [0.15, 0.2) is 23.1 Å². The molecule has 0 amide bonds. The molecule has 0 atom stereocenters. The zero-order chi connectivity index (χ0) is 27.3. The van der Waals surface area contributed by atoms with Crippen LogP contribution in [0.1, 0.15) is 78.7 Å². The number of ether oxygens (including phenoxy) is 3. The average molecular weight is 575 g/mol. The predicted molar refractivity (Wildman–Crippen MR) is 148 cm³/mol. The molecule has 0 saturated carbocycles. The SMILES string of the molecule is COCCN1C2=C(C(=O)CC(C)(C)C2)C(c2cc(Br)c(OC(C)C)c(OC)c2)C2=C1CC(C)(C)CC2=O. The monoisotopic (exact) mass is 573 g/mol. The van der Waals surface area contributed by atoms with Crippen molar-refractivity contribution in [2.75, 3.05) is 27.4 Å². The van der Waals surface area contributed by atoms with Crippen molar-refractivity contribution in [3.05, 3.63) is 44.7 Å². The number of allylic oxidation sites excluding steroid dienone is 4. The maximum atomic E-state index is 13.9. The zero-order valence-electron chi connectivity index (χ0n) is 23.4. The van der Waals surface area contributed by atoms with Crippen LogP contribution < -0.4 is 9.47 Å². The van der Waals surface area contributed by atoms with Crippen molar-refractivity contribution in [1.29, 1.82) is 0 Å². The van der Waals surface area contributed by atoms with Gasteiger partial charge in [-0.25, -0.2) is 0 Å². The molecule has 202 valence electrons. The molecule has 4 rings (SSSR count). The van der Waals surface area contributed by atoms with E-state index in [1.165, 1.54) is 0 Å². The third-order valence-electron chi connectivity index (χ3n) is 7.48. The molecular weight excluding hydrogens is 534 g/mol. The van der Waals surface area contributed by atoms with E-state index in [4.69, 9.17) is 14.2 Å². The fraction of sp³-hybridized carbons (Fsp3) is 0.600. The molecule has 0 unspecified atom stereocenters. The second-order valence-corrected chi connectivity index (χ2v) is 13.2. The molecule has 1 aromatic carbocycles. The quantitative estimate of drug-likeness (QED) is 0.367.